The average molecular weight is 383 g/mol. The van der Waals surface area contributed by atoms with E-state index in [0.29, 0.717) is 25.9 Å². The maximum Gasteiger partial charge on any atom is 0.244 e. The molecule has 3 heterocycles. The molecule has 4 aromatic rings. The smallest absolute Gasteiger partial charge is 0.244 e. The third-order valence-corrected chi connectivity index (χ3v) is 4.79. The third-order valence-electron chi connectivity index (χ3n) is 4.79. The highest BCUT2D eigenvalue weighted by molar-refractivity contribution is 5.96. The molecule has 0 spiro atoms. The highest BCUT2D eigenvalue weighted by Gasteiger charge is 2.06. The van der Waals surface area contributed by atoms with Gasteiger partial charge in [-0.05, 0) is 24.3 Å². The van der Waals surface area contributed by atoms with Crippen LogP contribution in [0.5, 0.6) is 0 Å². The molecule has 0 aliphatic carbocycles. The fourth-order valence-corrected chi connectivity index (χ4v) is 3.41. The standard InChI is InChI=1S/C23H21N5O/c24-12-5-15-27-16-18(20-6-1-2-7-21(20)27)9-10-23(29)25-13-11-19-17-28-14-4-3-8-22(28)26-19/h1-4,6-10,14,16-17H,5,11,13,15H2,(H,25,29)/b10-9+. The number of hydrogen-bond acceptors (Lipinski definition) is 3. The summed E-state index contributed by atoms with van der Waals surface area (Å²) in [7, 11) is 0. The van der Waals surface area contributed by atoms with Gasteiger partial charge in [-0.15, -0.1) is 0 Å². The topological polar surface area (TPSA) is 75.1 Å². The van der Waals surface area contributed by atoms with Gasteiger partial charge < -0.3 is 14.3 Å². The van der Waals surface area contributed by atoms with Crippen LogP contribution in [0.25, 0.3) is 22.6 Å². The molecule has 1 amide bonds. The monoisotopic (exact) mass is 383 g/mol. The van der Waals surface area contributed by atoms with E-state index in [4.69, 9.17) is 5.26 Å². The Bertz CT molecular complexity index is 1190. The molecule has 1 aromatic carbocycles. The number of pyridine rings is 1. The van der Waals surface area contributed by atoms with E-state index >= 15 is 0 Å². The molecule has 0 aliphatic heterocycles. The molecule has 6 heteroatoms. The molecule has 0 saturated carbocycles. The minimum absolute atomic E-state index is 0.136. The molecule has 29 heavy (non-hydrogen) atoms. The molecular formula is C23H21N5O. The molecule has 144 valence electrons. The van der Waals surface area contributed by atoms with E-state index in [9.17, 15) is 4.79 Å². The third kappa shape index (κ3) is 4.19. The summed E-state index contributed by atoms with van der Waals surface area (Å²) in [6.45, 7) is 1.16. The normalized spacial score (nSPS) is 11.3. The molecule has 0 bridgehead atoms. The second-order valence-corrected chi connectivity index (χ2v) is 6.78. The molecule has 0 unspecified atom stereocenters. The summed E-state index contributed by atoms with van der Waals surface area (Å²) < 4.78 is 4.03. The van der Waals surface area contributed by atoms with Crippen molar-refractivity contribution in [1.29, 1.82) is 5.26 Å². The minimum Gasteiger partial charge on any atom is -0.352 e. The van der Waals surface area contributed by atoms with E-state index in [0.717, 1.165) is 27.8 Å². The summed E-state index contributed by atoms with van der Waals surface area (Å²) >= 11 is 0. The first kappa shape index (κ1) is 18.5. The number of rotatable bonds is 7. The summed E-state index contributed by atoms with van der Waals surface area (Å²) in [5, 5.41) is 12.8. The Labute approximate surface area is 168 Å². The van der Waals surface area contributed by atoms with Crippen molar-refractivity contribution in [2.75, 3.05) is 6.54 Å². The molecule has 3 aromatic heterocycles. The van der Waals surface area contributed by atoms with Crippen LogP contribution in [0.3, 0.4) is 0 Å². The summed E-state index contributed by atoms with van der Waals surface area (Å²) in [6, 6.07) is 16.1. The predicted octanol–water partition coefficient (Wildman–Crippen LogP) is 3.57. The number of nitrogens with zero attached hydrogens (tertiary/aromatic N) is 4. The van der Waals surface area contributed by atoms with Gasteiger partial charge in [0.25, 0.3) is 0 Å². The number of aryl methyl sites for hydroxylation is 1. The fraction of sp³-hybridized carbons (Fsp3) is 0.174. The molecular weight excluding hydrogens is 362 g/mol. The number of carbonyl (C=O) groups is 1. The first-order valence-electron chi connectivity index (χ1n) is 9.58. The number of aromatic nitrogens is 3. The molecule has 4 rings (SSSR count). The van der Waals surface area contributed by atoms with Crippen LogP contribution in [-0.2, 0) is 17.8 Å². The van der Waals surface area contributed by atoms with Gasteiger partial charge in [0.15, 0.2) is 0 Å². The number of fused-ring (bicyclic) bond motifs is 2. The lowest BCUT2D eigenvalue weighted by Gasteiger charge is -2.00. The number of para-hydroxylation sites is 1. The molecule has 0 radical (unpaired) electrons. The van der Waals surface area contributed by atoms with Gasteiger partial charge in [-0.2, -0.15) is 5.26 Å². The number of carbonyl (C=O) groups excluding carboxylic acids is 1. The highest BCUT2D eigenvalue weighted by atomic mass is 16.1. The number of hydrogen-bond donors (Lipinski definition) is 1. The first-order chi connectivity index (χ1) is 14.2. The number of imidazole rings is 1. The SMILES string of the molecule is N#CCCn1cc(/C=C/C(=O)NCCc2cn3ccccc3n2)c2ccccc21. The lowest BCUT2D eigenvalue weighted by molar-refractivity contribution is -0.116. The predicted molar refractivity (Wildman–Crippen MR) is 113 cm³/mol. The van der Waals surface area contributed by atoms with Crippen molar-refractivity contribution in [3.8, 4) is 6.07 Å². The van der Waals surface area contributed by atoms with E-state index in [1.54, 1.807) is 6.08 Å². The first-order valence-corrected chi connectivity index (χ1v) is 9.58. The van der Waals surface area contributed by atoms with E-state index < -0.39 is 0 Å². The molecule has 1 N–H and O–H groups in total. The van der Waals surface area contributed by atoms with Gasteiger partial charge in [-0.3, -0.25) is 4.79 Å². The summed E-state index contributed by atoms with van der Waals surface area (Å²) in [5.74, 6) is -0.136. The number of nitrogens with one attached hydrogen (secondary N) is 1. The van der Waals surface area contributed by atoms with Crippen molar-refractivity contribution in [1.82, 2.24) is 19.3 Å². The Kier molecular flexibility index (Phi) is 5.39. The summed E-state index contributed by atoms with van der Waals surface area (Å²) in [4.78, 5) is 16.8. The van der Waals surface area contributed by atoms with Gasteiger partial charge in [0.2, 0.25) is 5.91 Å². The van der Waals surface area contributed by atoms with Gasteiger partial charge in [-0.25, -0.2) is 4.98 Å². The molecule has 6 nitrogen and oxygen atoms in total. The van der Waals surface area contributed by atoms with Gasteiger partial charge in [-0.1, -0.05) is 24.3 Å². The van der Waals surface area contributed by atoms with Crippen molar-refractivity contribution < 1.29 is 4.79 Å². The van der Waals surface area contributed by atoms with Crippen LogP contribution in [0.15, 0.2) is 67.1 Å². The average Bonchev–Trinajstić information content (AvgIpc) is 3.31. The fourth-order valence-electron chi connectivity index (χ4n) is 3.41. The number of benzene rings is 1. The second-order valence-electron chi connectivity index (χ2n) is 6.78. The molecule has 0 aliphatic rings. The van der Waals surface area contributed by atoms with Gasteiger partial charge in [0, 0.05) is 60.6 Å². The Balaban J connectivity index is 1.38. The number of nitriles is 1. The van der Waals surface area contributed by atoms with E-state index in [1.807, 2.05) is 71.5 Å². The van der Waals surface area contributed by atoms with Crippen LogP contribution in [0, 0.1) is 11.3 Å². The van der Waals surface area contributed by atoms with E-state index in [2.05, 4.69) is 20.9 Å². The Morgan fingerprint density at radius 2 is 2.03 bits per heavy atom. The van der Waals surface area contributed by atoms with Gasteiger partial charge in [0.05, 0.1) is 18.2 Å². The second kappa shape index (κ2) is 8.44. The van der Waals surface area contributed by atoms with Crippen LogP contribution in [-0.4, -0.2) is 26.4 Å². The van der Waals surface area contributed by atoms with Crippen LogP contribution in [0.4, 0.5) is 0 Å². The highest BCUT2D eigenvalue weighted by Crippen LogP contribution is 2.22. The van der Waals surface area contributed by atoms with Crippen LogP contribution in [0.1, 0.15) is 17.7 Å². The summed E-state index contributed by atoms with van der Waals surface area (Å²) in [6.07, 6.45) is 10.4. The molecule has 0 atom stereocenters. The zero-order valence-electron chi connectivity index (χ0n) is 16.0. The van der Waals surface area contributed by atoms with Crippen molar-refractivity contribution in [3.63, 3.8) is 0 Å². The van der Waals surface area contributed by atoms with E-state index in [1.165, 1.54) is 0 Å². The van der Waals surface area contributed by atoms with Crippen molar-refractivity contribution >= 4 is 28.5 Å². The zero-order valence-corrected chi connectivity index (χ0v) is 16.0. The summed E-state index contributed by atoms with van der Waals surface area (Å²) in [5.41, 5.74) is 3.88. The molecule has 0 saturated heterocycles. The van der Waals surface area contributed by atoms with Crippen molar-refractivity contribution in [3.05, 3.63) is 78.4 Å². The minimum atomic E-state index is -0.136. The largest absolute Gasteiger partial charge is 0.352 e. The number of amides is 1. The van der Waals surface area contributed by atoms with Crippen molar-refractivity contribution in [2.24, 2.45) is 0 Å². The molecule has 0 fully saturated rings. The van der Waals surface area contributed by atoms with Crippen LogP contribution < -0.4 is 5.32 Å². The quantitative estimate of drug-likeness (QED) is 0.496. The van der Waals surface area contributed by atoms with Crippen LogP contribution in [0.2, 0.25) is 0 Å². The van der Waals surface area contributed by atoms with Gasteiger partial charge in [0.1, 0.15) is 5.65 Å². The zero-order chi connectivity index (χ0) is 20.1. The Morgan fingerprint density at radius 3 is 2.90 bits per heavy atom. The maximum atomic E-state index is 12.2. The lowest BCUT2D eigenvalue weighted by atomic mass is 10.1. The Hall–Kier alpha value is -3.85. The van der Waals surface area contributed by atoms with E-state index in [-0.39, 0.29) is 5.91 Å². The van der Waals surface area contributed by atoms with Gasteiger partial charge >= 0.3 is 0 Å². The van der Waals surface area contributed by atoms with Crippen molar-refractivity contribution in [2.45, 2.75) is 19.4 Å². The Morgan fingerprint density at radius 1 is 1.17 bits per heavy atom. The van der Waals surface area contributed by atoms with Crippen LogP contribution >= 0.6 is 0 Å². The lowest BCUT2D eigenvalue weighted by Crippen LogP contribution is -2.23. The maximum absolute atomic E-state index is 12.2.